The molecule has 1 rings (SSSR count). The number of nitrogens with one attached hydrogen (secondary N) is 2. The van der Waals surface area contributed by atoms with Crippen LogP contribution in [0.4, 0.5) is 5.69 Å². The molecule has 0 atom stereocenters. The highest BCUT2D eigenvalue weighted by Crippen LogP contribution is 2.04. The number of aliphatic carboxylic acids is 1. The van der Waals surface area contributed by atoms with E-state index in [1.54, 1.807) is 0 Å². The molecule has 18 heavy (non-hydrogen) atoms. The van der Waals surface area contributed by atoms with Gasteiger partial charge in [-0.3, -0.25) is 19.1 Å². The Morgan fingerprint density at radius 3 is 2.78 bits per heavy atom. The minimum atomic E-state index is -1.01. The molecular formula is C10H14N4O4. The fraction of sp³-hybridized carbons (Fsp3) is 0.400. The van der Waals surface area contributed by atoms with E-state index < -0.39 is 5.97 Å². The van der Waals surface area contributed by atoms with E-state index in [1.165, 1.54) is 24.0 Å². The van der Waals surface area contributed by atoms with Gasteiger partial charge in [0.2, 0.25) is 11.8 Å². The molecule has 0 aliphatic rings. The molecule has 3 N–H and O–H groups in total. The van der Waals surface area contributed by atoms with Crippen LogP contribution >= 0.6 is 0 Å². The maximum Gasteiger partial charge on any atom is 0.325 e. The summed E-state index contributed by atoms with van der Waals surface area (Å²) in [6, 6.07) is 0. The molecule has 1 aromatic rings. The maximum atomic E-state index is 11.4. The summed E-state index contributed by atoms with van der Waals surface area (Å²) in [6.07, 6.45) is 2.92. The summed E-state index contributed by atoms with van der Waals surface area (Å²) in [6.45, 7) is 1.36. The van der Waals surface area contributed by atoms with Gasteiger partial charge in [-0.15, -0.1) is 0 Å². The predicted octanol–water partition coefficient (Wildman–Crippen LogP) is -0.568. The lowest BCUT2D eigenvalue weighted by Gasteiger charge is -2.02. The fourth-order valence-corrected chi connectivity index (χ4v) is 1.23. The summed E-state index contributed by atoms with van der Waals surface area (Å²) in [7, 11) is 0. The van der Waals surface area contributed by atoms with Gasteiger partial charge in [-0.05, 0) is 0 Å². The van der Waals surface area contributed by atoms with Crippen LogP contribution in [0.2, 0.25) is 0 Å². The molecule has 0 spiro atoms. The van der Waals surface area contributed by atoms with Gasteiger partial charge >= 0.3 is 5.97 Å². The number of carboxylic acid groups (broad SMARTS) is 1. The highest BCUT2D eigenvalue weighted by atomic mass is 16.4. The largest absolute Gasteiger partial charge is 0.480 e. The molecule has 2 amide bonds. The zero-order valence-corrected chi connectivity index (χ0v) is 9.84. The van der Waals surface area contributed by atoms with E-state index in [0.717, 1.165) is 0 Å². The fourth-order valence-electron chi connectivity index (χ4n) is 1.23. The summed E-state index contributed by atoms with van der Waals surface area (Å²) < 4.78 is 1.20. The number of hydrogen-bond donors (Lipinski definition) is 3. The first-order chi connectivity index (χ1) is 8.47. The average molecular weight is 254 g/mol. The number of anilines is 1. The summed E-state index contributed by atoms with van der Waals surface area (Å²) >= 11 is 0. The first-order valence-electron chi connectivity index (χ1n) is 5.26. The van der Waals surface area contributed by atoms with Crippen molar-refractivity contribution in [3.8, 4) is 0 Å². The van der Waals surface area contributed by atoms with Crippen LogP contribution in [0.15, 0.2) is 12.4 Å². The third kappa shape index (κ3) is 5.10. The molecule has 1 heterocycles. The van der Waals surface area contributed by atoms with Crippen LogP contribution in [0.5, 0.6) is 0 Å². The van der Waals surface area contributed by atoms with Gasteiger partial charge in [-0.1, -0.05) is 0 Å². The molecular weight excluding hydrogens is 240 g/mol. The number of rotatable bonds is 6. The zero-order chi connectivity index (χ0) is 13.5. The Morgan fingerprint density at radius 2 is 2.17 bits per heavy atom. The molecule has 8 nitrogen and oxygen atoms in total. The molecule has 98 valence electrons. The van der Waals surface area contributed by atoms with Gasteiger partial charge in [-0.2, -0.15) is 5.10 Å². The van der Waals surface area contributed by atoms with E-state index in [2.05, 4.69) is 15.7 Å². The van der Waals surface area contributed by atoms with E-state index in [-0.39, 0.29) is 31.3 Å². The smallest absolute Gasteiger partial charge is 0.325 e. The van der Waals surface area contributed by atoms with Crippen molar-refractivity contribution < 1.29 is 19.5 Å². The third-order valence-electron chi connectivity index (χ3n) is 1.94. The minimum Gasteiger partial charge on any atom is -0.480 e. The van der Waals surface area contributed by atoms with Gasteiger partial charge in [0.05, 0.1) is 11.9 Å². The average Bonchev–Trinajstić information content (AvgIpc) is 2.63. The van der Waals surface area contributed by atoms with Gasteiger partial charge < -0.3 is 15.7 Å². The van der Waals surface area contributed by atoms with E-state index in [4.69, 9.17) is 5.11 Å². The number of amides is 2. The number of nitrogens with zero attached hydrogens (tertiary/aromatic N) is 2. The normalized spacial score (nSPS) is 9.83. The Balaban J connectivity index is 2.37. The van der Waals surface area contributed by atoms with Crippen molar-refractivity contribution in [1.82, 2.24) is 15.1 Å². The number of carboxylic acids is 1. The summed E-state index contributed by atoms with van der Waals surface area (Å²) in [5.41, 5.74) is 0.420. The molecule has 0 saturated carbocycles. The van der Waals surface area contributed by atoms with Crippen molar-refractivity contribution in [2.45, 2.75) is 19.9 Å². The van der Waals surface area contributed by atoms with Gasteiger partial charge in [0, 0.05) is 26.1 Å². The quantitative estimate of drug-likeness (QED) is 0.629. The SMILES string of the molecule is CC(=O)NCCC(=O)Nc1cnn(CC(=O)O)c1. The van der Waals surface area contributed by atoms with E-state index in [1.807, 2.05) is 0 Å². The van der Waals surface area contributed by atoms with E-state index >= 15 is 0 Å². The van der Waals surface area contributed by atoms with Gasteiger partial charge in [0.15, 0.2) is 0 Å². The van der Waals surface area contributed by atoms with Gasteiger partial charge in [0.25, 0.3) is 0 Å². The number of aromatic nitrogens is 2. The van der Waals surface area contributed by atoms with Crippen LogP contribution < -0.4 is 10.6 Å². The van der Waals surface area contributed by atoms with Crippen LogP contribution in [0.1, 0.15) is 13.3 Å². The lowest BCUT2D eigenvalue weighted by Crippen LogP contribution is -2.25. The van der Waals surface area contributed by atoms with Crippen molar-refractivity contribution in [3.05, 3.63) is 12.4 Å². The van der Waals surface area contributed by atoms with Crippen LogP contribution in [0.25, 0.3) is 0 Å². The van der Waals surface area contributed by atoms with Crippen molar-refractivity contribution in [1.29, 1.82) is 0 Å². The second-order valence-corrected chi connectivity index (χ2v) is 3.60. The van der Waals surface area contributed by atoms with Crippen LogP contribution in [0, 0.1) is 0 Å². The Bertz CT molecular complexity index is 454. The minimum absolute atomic E-state index is 0.143. The molecule has 0 aliphatic heterocycles. The summed E-state index contributed by atoms with van der Waals surface area (Å²) in [4.78, 5) is 32.4. The standard InChI is InChI=1S/C10H14N4O4/c1-7(15)11-3-2-9(16)13-8-4-12-14(5-8)6-10(17)18/h4-5H,2-3,6H2,1H3,(H,11,15)(H,13,16)(H,17,18). The lowest BCUT2D eigenvalue weighted by molar-refractivity contribution is -0.138. The number of carbonyl (C=O) groups is 3. The van der Waals surface area contributed by atoms with E-state index in [0.29, 0.717) is 5.69 Å². The van der Waals surface area contributed by atoms with Gasteiger partial charge in [0.1, 0.15) is 6.54 Å². The topological polar surface area (TPSA) is 113 Å². The Kier molecular flexibility index (Phi) is 4.85. The van der Waals surface area contributed by atoms with Crippen LogP contribution in [0.3, 0.4) is 0 Å². The summed E-state index contributed by atoms with van der Waals surface area (Å²) in [5, 5.41) is 17.3. The molecule has 0 unspecified atom stereocenters. The van der Waals surface area contributed by atoms with Crippen LogP contribution in [-0.4, -0.2) is 39.2 Å². The molecule has 0 saturated heterocycles. The number of hydrogen-bond acceptors (Lipinski definition) is 4. The second kappa shape index (κ2) is 6.38. The molecule has 1 aromatic heterocycles. The molecule has 8 heteroatoms. The molecule has 0 radical (unpaired) electrons. The Morgan fingerprint density at radius 1 is 1.44 bits per heavy atom. The van der Waals surface area contributed by atoms with E-state index in [9.17, 15) is 14.4 Å². The lowest BCUT2D eigenvalue weighted by atomic mass is 10.4. The third-order valence-corrected chi connectivity index (χ3v) is 1.94. The monoisotopic (exact) mass is 254 g/mol. The molecule has 0 aromatic carbocycles. The highest BCUT2D eigenvalue weighted by Gasteiger charge is 2.06. The number of carbonyl (C=O) groups excluding carboxylic acids is 2. The first kappa shape index (κ1) is 13.7. The second-order valence-electron chi connectivity index (χ2n) is 3.60. The Hall–Kier alpha value is -2.38. The molecule has 0 bridgehead atoms. The Labute approximate surface area is 103 Å². The van der Waals surface area contributed by atoms with Crippen molar-refractivity contribution in [2.24, 2.45) is 0 Å². The zero-order valence-electron chi connectivity index (χ0n) is 9.84. The predicted molar refractivity (Wildman–Crippen MR) is 61.8 cm³/mol. The van der Waals surface area contributed by atoms with Crippen molar-refractivity contribution in [3.63, 3.8) is 0 Å². The first-order valence-corrected chi connectivity index (χ1v) is 5.26. The highest BCUT2D eigenvalue weighted by molar-refractivity contribution is 5.90. The maximum absolute atomic E-state index is 11.4. The molecule has 0 fully saturated rings. The van der Waals surface area contributed by atoms with Gasteiger partial charge in [-0.25, -0.2) is 0 Å². The van der Waals surface area contributed by atoms with Crippen LogP contribution in [-0.2, 0) is 20.9 Å². The van der Waals surface area contributed by atoms with Crippen molar-refractivity contribution in [2.75, 3.05) is 11.9 Å². The summed E-state index contributed by atoms with van der Waals surface area (Å²) in [5.74, 6) is -1.49. The molecule has 0 aliphatic carbocycles. The van der Waals surface area contributed by atoms with Crippen molar-refractivity contribution >= 4 is 23.5 Å².